The van der Waals surface area contributed by atoms with Gasteiger partial charge in [0.05, 0.1) is 10.6 Å². The smallest absolute Gasteiger partial charge is 0.337 e. The van der Waals surface area contributed by atoms with Gasteiger partial charge in [0.25, 0.3) is 0 Å². The van der Waals surface area contributed by atoms with Crippen molar-refractivity contribution in [1.29, 1.82) is 0 Å². The van der Waals surface area contributed by atoms with Gasteiger partial charge >= 0.3 is 5.97 Å². The summed E-state index contributed by atoms with van der Waals surface area (Å²) in [5, 5.41) is 11.9. The lowest BCUT2D eigenvalue weighted by Gasteiger charge is -1.98. The number of azide groups is 1. The van der Waals surface area contributed by atoms with E-state index in [1.165, 1.54) is 18.2 Å². The third kappa shape index (κ3) is 2.11. The zero-order chi connectivity index (χ0) is 9.84. The molecule has 0 aliphatic rings. The van der Waals surface area contributed by atoms with Crippen LogP contribution in [0.4, 0.5) is 5.69 Å². The molecule has 0 saturated carbocycles. The van der Waals surface area contributed by atoms with Gasteiger partial charge in [-0.15, -0.1) is 0 Å². The number of carbonyl (C=O) groups is 1. The minimum absolute atomic E-state index is 0.0152. The first-order valence-electron chi connectivity index (χ1n) is 3.23. The fourth-order valence-corrected chi connectivity index (χ4v) is 1.05. The summed E-state index contributed by atoms with van der Waals surface area (Å²) in [7, 11) is 0. The summed E-state index contributed by atoms with van der Waals surface area (Å²) in [4.78, 5) is 13.0. The van der Waals surface area contributed by atoms with Gasteiger partial charge in [-0.1, -0.05) is 22.8 Å². The standard InChI is InChI=1S/C7H4ClN3O2/c8-6-3-4(10-11-9)1-2-5(6)7(12)13/h1-3H,(H,12,13). The summed E-state index contributed by atoms with van der Waals surface area (Å²) in [6.07, 6.45) is 0. The van der Waals surface area contributed by atoms with E-state index in [-0.39, 0.29) is 16.3 Å². The second-order valence-corrected chi connectivity index (χ2v) is 2.57. The van der Waals surface area contributed by atoms with Crippen LogP contribution in [0.3, 0.4) is 0 Å². The maximum atomic E-state index is 10.5. The van der Waals surface area contributed by atoms with Crippen LogP contribution in [0.25, 0.3) is 10.4 Å². The van der Waals surface area contributed by atoms with Crippen molar-refractivity contribution in [2.75, 3.05) is 0 Å². The maximum Gasteiger partial charge on any atom is 0.337 e. The molecule has 0 radical (unpaired) electrons. The highest BCUT2D eigenvalue weighted by Crippen LogP contribution is 2.22. The quantitative estimate of drug-likeness (QED) is 0.449. The first-order valence-corrected chi connectivity index (χ1v) is 3.61. The summed E-state index contributed by atoms with van der Waals surface area (Å²) in [6.45, 7) is 0. The maximum absolute atomic E-state index is 10.5. The van der Waals surface area contributed by atoms with Crippen molar-refractivity contribution in [3.05, 3.63) is 39.2 Å². The van der Waals surface area contributed by atoms with E-state index in [0.717, 1.165) is 0 Å². The molecule has 0 aromatic heterocycles. The molecule has 1 aromatic carbocycles. The molecule has 0 aliphatic carbocycles. The molecule has 0 unspecified atom stereocenters. The Labute approximate surface area is 78.2 Å². The molecule has 13 heavy (non-hydrogen) atoms. The Kier molecular flexibility index (Phi) is 2.74. The number of hydrogen-bond acceptors (Lipinski definition) is 2. The lowest BCUT2D eigenvalue weighted by molar-refractivity contribution is 0.0697. The van der Waals surface area contributed by atoms with Gasteiger partial charge in [0.2, 0.25) is 0 Å². The van der Waals surface area contributed by atoms with Crippen LogP contribution in [-0.4, -0.2) is 11.1 Å². The van der Waals surface area contributed by atoms with Gasteiger partial charge in [-0.2, -0.15) is 0 Å². The van der Waals surface area contributed by atoms with Crippen molar-refractivity contribution in [3.8, 4) is 0 Å². The lowest BCUT2D eigenvalue weighted by atomic mass is 10.2. The molecule has 1 aromatic rings. The number of hydrogen-bond donors (Lipinski definition) is 1. The first kappa shape index (κ1) is 9.38. The fourth-order valence-electron chi connectivity index (χ4n) is 0.791. The molecule has 0 heterocycles. The summed E-state index contributed by atoms with van der Waals surface area (Å²) in [5.74, 6) is -1.11. The molecular formula is C7H4ClN3O2. The van der Waals surface area contributed by atoms with Gasteiger partial charge in [0.15, 0.2) is 0 Å². The van der Waals surface area contributed by atoms with Crippen LogP contribution in [0.1, 0.15) is 10.4 Å². The number of carboxylic acids is 1. The van der Waals surface area contributed by atoms with E-state index in [0.29, 0.717) is 0 Å². The highest BCUT2D eigenvalue weighted by atomic mass is 35.5. The Bertz CT molecular complexity index is 399. The zero-order valence-corrected chi connectivity index (χ0v) is 7.06. The van der Waals surface area contributed by atoms with Crippen molar-refractivity contribution in [2.24, 2.45) is 5.11 Å². The molecular weight excluding hydrogens is 194 g/mol. The summed E-state index contributed by atoms with van der Waals surface area (Å²) in [6, 6.07) is 3.97. The highest BCUT2D eigenvalue weighted by molar-refractivity contribution is 6.33. The first-order chi connectivity index (χ1) is 6.15. The number of nitrogens with zero attached hydrogens (tertiary/aromatic N) is 3. The second-order valence-electron chi connectivity index (χ2n) is 2.16. The SMILES string of the molecule is [N-]=[N+]=Nc1ccc(C(=O)O)c(Cl)c1. The third-order valence-electron chi connectivity index (χ3n) is 1.34. The van der Waals surface area contributed by atoms with Crippen LogP contribution >= 0.6 is 11.6 Å². The van der Waals surface area contributed by atoms with E-state index in [9.17, 15) is 4.79 Å². The van der Waals surface area contributed by atoms with Crippen molar-refractivity contribution < 1.29 is 9.90 Å². The summed E-state index contributed by atoms with van der Waals surface area (Å²) in [5.41, 5.74) is 8.36. The van der Waals surface area contributed by atoms with Gasteiger partial charge in [0, 0.05) is 10.6 Å². The van der Waals surface area contributed by atoms with Gasteiger partial charge in [-0.25, -0.2) is 4.79 Å². The zero-order valence-electron chi connectivity index (χ0n) is 6.31. The molecule has 6 heteroatoms. The van der Waals surface area contributed by atoms with E-state index in [1.807, 2.05) is 0 Å². The predicted molar refractivity (Wildman–Crippen MR) is 47.2 cm³/mol. The molecule has 0 atom stereocenters. The molecule has 0 fully saturated rings. The highest BCUT2D eigenvalue weighted by Gasteiger charge is 2.07. The van der Waals surface area contributed by atoms with Crippen LogP contribution < -0.4 is 0 Å². The Morgan fingerprint density at radius 3 is 2.77 bits per heavy atom. The van der Waals surface area contributed by atoms with E-state index in [4.69, 9.17) is 22.2 Å². The normalized spacial score (nSPS) is 9.00. The predicted octanol–water partition coefficient (Wildman–Crippen LogP) is 2.98. The molecule has 0 bridgehead atoms. The number of benzene rings is 1. The number of halogens is 1. The largest absolute Gasteiger partial charge is 0.478 e. The van der Waals surface area contributed by atoms with Crippen LogP contribution in [0.5, 0.6) is 0 Å². The summed E-state index contributed by atoms with van der Waals surface area (Å²) >= 11 is 5.60. The molecule has 66 valence electrons. The van der Waals surface area contributed by atoms with Crippen LogP contribution in [-0.2, 0) is 0 Å². The molecule has 1 rings (SSSR count). The van der Waals surface area contributed by atoms with Crippen LogP contribution in [0.15, 0.2) is 23.3 Å². The van der Waals surface area contributed by atoms with E-state index >= 15 is 0 Å². The fraction of sp³-hybridized carbons (Fsp3) is 0. The lowest BCUT2D eigenvalue weighted by Crippen LogP contribution is -1.96. The average molecular weight is 198 g/mol. The average Bonchev–Trinajstić information content (AvgIpc) is 2.04. The Balaban J connectivity index is 3.19. The Morgan fingerprint density at radius 1 is 1.62 bits per heavy atom. The van der Waals surface area contributed by atoms with Gasteiger partial charge in [-0.05, 0) is 17.7 Å². The topological polar surface area (TPSA) is 86.1 Å². The van der Waals surface area contributed by atoms with Crippen molar-refractivity contribution in [1.82, 2.24) is 0 Å². The Hall–Kier alpha value is -1.71. The van der Waals surface area contributed by atoms with Crippen molar-refractivity contribution >= 4 is 23.3 Å². The molecule has 0 aliphatic heterocycles. The van der Waals surface area contributed by atoms with Crippen molar-refractivity contribution in [3.63, 3.8) is 0 Å². The molecule has 0 spiro atoms. The minimum Gasteiger partial charge on any atom is -0.478 e. The molecule has 0 amide bonds. The van der Waals surface area contributed by atoms with E-state index in [1.54, 1.807) is 0 Å². The summed E-state index contributed by atoms with van der Waals surface area (Å²) < 4.78 is 0. The van der Waals surface area contributed by atoms with E-state index in [2.05, 4.69) is 10.0 Å². The van der Waals surface area contributed by atoms with Crippen LogP contribution in [0, 0.1) is 0 Å². The number of carboxylic acid groups (broad SMARTS) is 1. The molecule has 1 N–H and O–H groups in total. The van der Waals surface area contributed by atoms with Gasteiger partial charge < -0.3 is 5.11 Å². The number of aromatic carboxylic acids is 1. The minimum atomic E-state index is -1.11. The molecule has 0 saturated heterocycles. The number of rotatable bonds is 2. The van der Waals surface area contributed by atoms with E-state index < -0.39 is 5.97 Å². The second kappa shape index (κ2) is 3.80. The Morgan fingerprint density at radius 2 is 2.31 bits per heavy atom. The monoisotopic (exact) mass is 197 g/mol. The van der Waals surface area contributed by atoms with Crippen LogP contribution in [0.2, 0.25) is 5.02 Å². The van der Waals surface area contributed by atoms with Crippen molar-refractivity contribution in [2.45, 2.75) is 0 Å². The van der Waals surface area contributed by atoms with Gasteiger partial charge in [-0.3, -0.25) is 0 Å². The molecule has 5 nitrogen and oxygen atoms in total. The third-order valence-corrected chi connectivity index (χ3v) is 1.66. The van der Waals surface area contributed by atoms with Gasteiger partial charge in [0.1, 0.15) is 0 Å².